The van der Waals surface area contributed by atoms with Gasteiger partial charge < -0.3 is 4.74 Å². The number of carbonyl (C=O) groups is 1. The zero-order chi connectivity index (χ0) is 9.23. The minimum absolute atomic E-state index is 0.190. The first-order valence-corrected chi connectivity index (χ1v) is 4.05. The molecule has 12 heavy (non-hydrogen) atoms. The van der Waals surface area contributed by atoms with Crippen LogP contribution in [0.5, 0.6) is 0 Å². The van der Waals surface area contributed by atoms with Crippen LogP contribution < -0.4 is 0 Å². The first kappa shape index (κ1) is 11.1. The highest BCUT2D eigenvalue weighted by Gasteiger charge is 1.96. The highest BCUT2D eigenvalue weighted by atomic mass is 35.5. The van der Waals surface area contributed by atoms with E-state index in [9.17, 15) is 4.79 Å². The molecule has 3 heteroatoms. The third kappa shape index (κ3) is 7.17. The summed E-state index contributed by atoms with van der Waals surface area (Å²) in [7, 11) is 1.38. The number of hydrogen-bond acceptors (Lipinski definition) is 2. The summed E-state index contributed by atoms with van der Waals surface area (Å²) in [4.78, 5) is 10.6. The van der Waals surface area contributed by atoms with E-state index in [0.717, 1.165) is 6.42 Å². The van der Waals surface area contributed by atoms with Crippen molar-refractivity contribution in [3.05, 3.63) is 11.6 Å². The van der Waals surface area contributed by atoms with Gasteiger partial charge in [-0.15, -0.1) is 0 Å². The van der Waals surface area contributed by atoms with Gasteiger partial charge >= 0.3 is 5.97 Å². The molecule has 0 unspecified atom stereocenters. The maximum atomic E-state index is 10.6. The number of halogens is 1. The van der Waals surface area contributed by atoms with Gasteiger partial charge in [-0.3, -0.25) is 4.79 Å². The van der Waals surface area contributed by atoms with E-state index in [1.807, 2.05) is 0 Å². The third-order valence-corrected chi connectivity index (χ3v) is 1.28. The Labute approximate surface area is 77.5 Å². The molecule has 0 N–H and O–H groups in total. The van der Waals surface area contributed by atoms with Crippen molar-refractivity contribution in [2.75, 3.05) is 7.11 Å². The van der Waals surface area contributed by atoms with Gasteiger partial charge in [0.05, 0.1) is 7.11 Å². The molecule has 0 rings (SSSR count). The van der Waals surface area contributed by atoms with E-state index in [0.29, 0.717) is 12.8 Å². The van der Waals surface area contributed by atoms with Crippen LogP contribution >= 0.6 is 11.6 Å². The van der Waals surface area contributed by atoms with E-state index in [-0.39, 0.29) is 5.97 Å². The largest absolute Gasteiger partial charge is 0.469 e. The number of methoxy groups -OCH3 is 1. The molecule has 0 atom stereocenters. The summed E-state index contributed by atoms with van der Waals surface area (Å²) in [5.41, 5.74) is 1.35. The van der Waals surface area contributed by atoms with Gasteiger partial charge in [0.2, 0.25) is 0 Å². The molecule has 0 saturated heterocycles. The van der Waals surface area contributed by atoms with Crippen molar-refractivity contribution in [3.8, 4) is 11.8 Å². The van der Waals surface area contributed by atoms with Crippen LogP contribution in [0.25, 0.3) is 0 Å². The molecule has 0 aliphatic heterocycles. The van der Waals surface area contributed by atoms with Crippen LogP contribution in [-0.4, -0.2) is 13.1 Å². The SMILES string of the molecule is COC(=O)CCCC#C/C=C\Cl. The summed E-state index contributed by atoms with van der Waals surface area (Å²) < 4.78 is 4.46. The van der Waals surface area contributed by atoms with Crippen molar-refractivity contribution in [3.63, 3.8) is 0 Å². The lowest BCUT2D eigenvalue weighted by Crippen LogP contribution is -1.98. The Hall–Kier alpha value is -0.940. The van der Waals surface area contributed by atoms with E-state index >= 15 is 0 Å². The molecule has 0 bridgehead atoms. The third-order valence-electron chi connectivity index (χ3n) is 1.16. The molecule has 0 aliphatic rings. The van der Waals surface area contributed by atoms with Crippen LogP contribution in [0, 0.1) is 11.8 Å². The summed E-state index contributed by atoms with van der Waals surface area (Å²) in [6.45, 7) is 0. The number of ether oxygens (including phenoxy) is 1. The van der Waals surface area contributed by atoms with Crippen LogP contribution in [0.2, 0.25) is 0 Å². The van der Waals surface area contributed by atoms with Gasteiger partial charge in [0.1, 0.15) is 0 Å². The topological polar surface area (TPSA) is 26.3 Å². The summed E-state index contributed by atoms with van der Waals surface area (Å²) in [5.74, 6) is 5.36. The number of carbonyl (C=O) groups excluding carboxylic acids is 1. The number of esters is 1. The van der Waals surface area contributed by atoms with Crippen molar-refractivity contribution in [1.29, 1.82) is 0 Å². The monoisotopic (exact) mass is 186 g/mol. The van der Waals surface area contributed by atoms with Gasteiger partial charge in [-0.25, -0.2) is 0 Å². The van der Waals surface area contributed by atoms with Crippen LogP contribution in [0.15, 0.2) is 11.6 Å². The van der Waals surface area contributed by atoms with Crippen molar-refractivity contribution in [1.82, 2.24) is 0 Å². The van der Waals surface area contributed by atoms with Gasteiger partial charge in [-0.1, -0.05) is 23.4 Å². The molecule has 0 heterocycles. The normalized spacial score (nSPS) is 9.17. The van der Waals surface area contributed by atoms with Gasteiger partial charge in [0.15, 0.2) is 0 Å². The molecule has 0 spiro atoms. The summed E-state index contributed by atoms with van der Waals surface area (Å²) in [5, 5.41) is 0. The summed E-state index contributed by atoms with van der Waals surface area (Å²) >= 11 is 5.23. The molecule has 0 aromatic carbocycles. The van der Waals surface area contributed by atoms with E-state index in [1.54, 1.807) is 6.08 Å². The Morgan fingerprint density at radius 2 is 2.42 bits per heavy atom. The lowest BCUT2D eigenvalue weighted by atomic mass is 10.2. The first-order valence-electron chi connectivity index (χ1n) is 3.61. The Bertz CT molecular complexity index is 210. The molecule has 0 aromatic heterocycles. The van der Waals surface area contributed by atoms with Gasteiger partial charge in [0, 0.05) is 18.4 Å². The zero-order valence-electron chi connectivity index (χ0n) is 6.97. The van der Waals surface area contributed by atoms with Crippen molar-refractivity contribution in [2.45, 2.75) is 19.3 Å². The predicted octanol–water partition coefficient (Wildman–Crippen LogP) is 2.09. The zero-order valence-corrected chi connectivity index (χ0v) is 7.73. The molecule has 0 amide bonds. The van der Waals surface area contributed by atoms with Crippen LogP contribution in [-0.2, 0) is 9.53 Å². The average molecular weight is 187 g/mol. The van der Waals surface area contributed by atoms with Gasteiger partial charge in [-0.2, -0.15) is 0 Å². The fraction of sp³-hybridized carbons (Fsp3) is 0.444. The van der Waals surface area contributed by atoms with Crippen molar-refractivity contribution in [2.24, 2.45) is 0 Å². The molecule has 0 aliphatic carbocycles. The number of allylic oxidation sites excluding steroid dienone is 1. The van der Waals surface area contributed by atoms with E-state index in [1.165, 1.54) is 12.6 Å². The minimum atomic E-state index is -0.190. The average Bonchev–Trinajstić information content (AvgIpc) is 2.10. The van der Waals surface area contributed by atoms with E-state index in [2.05, 4.69) is 16.6 Å². The first-order chi connectivity index (χ1) is 5.81. The fourth-order valence-corrected chi connectivity index (χ4v) is 0.649. The molecule has 0 fully saturated rings. The Kier molecular flexibility index (Phi) is 7.52. The van der Waals surface area contributed by atoms with Gasteiger partial charge in [0.25, 0.3) is 0 Å². The second-order valence-electron chi connectivity index (χ2n) is 2.04. The van der Waals surface area contributed by atoms with E-state index in [4.69, 9.17) is 11.6 Å². The molecule has 0 saturated carbocycles. The predicted molar refractivity (Wildman–Crippen MR) is 48.6 cm³/mol. The quantitative estimate of drug-likeness (QED) is 0.383. The van der Waals surface area contributed by atoms with E-state index < -0.39 is 0 Å². The summed E-state index contributed by atoms with van der Waals surface area (Å²) in [6, 6.07) is 0. The maximum absolute atomic E-state index is 10.6. The summed E-state index contributed by atoms with van der Waals surface area (Å²) in [6.07, 6.45) is 3.40. The van der Waals surface area contributed by atoms with Crippen LogP contribution in [0.3, 0.4) is 0 Å². The molecule has 0 aromatic rings. The molecule has 2 nitrogen and oxygen atoms in total. The Morgan fingerprint density at radius 1 is 1.67 bits per heavy atom. The molecular formula is C9H11ClO2. The minimum Gasteiger partial charge on any atom is -0.469 e. The molecular weight excluding hydrogens is 176 g/mol. The standard InChI is InChI=1S/C9H11ClO2/c1-12-9(11)7-5-3-2-4-6-8-10/h6,8H,3,5,7H2,1H3/b8-6-. The Balaban J connectivity index is 3.34. The number of hydrogen-bond donors (Lipinski definition) is 0. The van der Waals surface area contributed by atoms with Crippen molar-refractivity contribution >= 4 is 17.6 Å². The lowest BCUT2D eigenvalue weighted by Gasteiger charge is -1.93. The highest BCUT2D eigenvalue weighted by Crippen LogP contribution is 1.95. The maximum Gasteiger partial charge on any atom is 0.305 e. The number of rotatable bonds is 3. The van der Waals surface area contributed by atoms with Crippen LogP contribution in [0.1, 0.15) is 19.3 Å². The number of unbranched alkanes of at least 4 members (excludes halogenated alkanes) is 1. The molecule has 0 radical (unpaired) electrons. The van der Waals surface area contributed by atoms with Gasteiger partial charge in [-0.05, 0) is 12.5 Å². The highest BCUT2D eigenvalue weighted by molar-refractivity contribution is 6.25. The fourth-order valence-electron chi connectivity index (χ4n) is 0.586. The second kappa shape index (κ2) is 8.16. The smallest absolute Gasteiger partial charge is 0.305 e. The van der Waals surface area contributed by atoms with Crippen LogP contribution in [0.4, 0.5) is 0 Å². The Morgan fingerprint density at radius 3 is 3.00 bits per heavy atom. The van der Waals surface area contributed by atoms with Crippen molar-refractivity contribution < 1.29 is 9.53 Å². The molecule has 66 valence electrons. The second-order valence-corrected chi connectivity index (χ2v) is 2.30. The lowest BCUT2D eigenvalue weighted by molar-refractivity contribution is -0.140.